The van der Waals surface area contributed by atoms with Crippen LogP contribution in [0.2, 0.25) is 0 Å². The van der Waals surface area contributed by atoms with Crippen molar-refractivity contribution in [2.75, 3.05) is 31.7 Å². The molecule has 0 atom stereocenters. The predicted octanol–water partition coefficient (Wildman–Crippen LogP) is 4.05. The molecule has 0 aliphatic carbocycles. The summed E-state index contributed by atoms with van der Waals surface area (Å²) in [6.45, 7) is 3.26. The Bertz CT molecular complexity index is 1340. The number of halogens is 3. The summed E-state index contributed by atoms with van der Waals surface area (Å²) in [5.41, 5.74) is 2.20. The van der Waals surface area contributed by atoms with Gasteiger partial charge in [0, 0.05) is 24.7 Å². The molecule has 0 spiro atoms. The van der Waals surface area contributed by atoms with E-state index in [-0.39, 0.29) is 24.9 Å². The fraction of sp³-hybridized carbons (Fsp3) is 0.318. The molecule has 2 aromatic heterocycles. The predicted molar refractivity (Wildman–Crippen MR) is 125 cm³/mol. The molecule has 0 saturated heterocycles. The molecule has 0 radical (unpaired) electrons. The Morgan fingerprint density at radius 1 is 1.14 bits per heavy atom. The first-order chi connectivity index (χ1) is 16.8. The van der Waals surface area contributed by atoms with E-state index in [1.807, 2.05) is 11.5 Å². The SMILES string of the molecule is CCn1c(Nc2nc3cc(OC(F)(F)F)ccc3s2)nc2cc(C(=O)NCCOCCO)ccc21. The third kappa shape index (κ3) is 5.99. The molecule has 3 N–H and O–H groups in total. The average molecular weight is 510 g/mol. The van der Waals surface area contributed by atoms with E-state index >= 15 is 0 Å². The number of benzene rings is 2. The van der Waals surface area contributed by atoms with Crippen LogP contribution in [0.25, 0.3) is 21.3 Å². The zero-order valence-corrected chi connectivity index (χ0v) is 19.4. The van der Waals surface area contributed by atoms with Crippen molar-refractivity contribution in [2.45, 2.75) is 19.8 Å². The number of carbonyl (C=O) groups excluding carboxylic acids is 1. The van der Waals surface area contributed by atoms with E-state index in [4.69, 9.17) is 9.84 Å². The molecule has 2 heterocycles. The van der Waals surface area contributed by atoms with Crippen LogP contribution < -0.4 is 15.4 Å². The number of amides is 1. The quantitative estimate of drug-likeness (QED) is 0.277. The number of aromatic nitrogens is 3. The number of alkyl halides is 3. The monoisotopic (exact) mass is 509 g/mol. The van der Waals surface area contributed by atoms with Gasteiger partial charge >= 0.3 is 6.36 Å². The summed E-state index contributed by atoms with van der Waals surface area (Å²) in [6, 6.07) is 9.16. The molecule has 0 aliphatic rings. The molecule has 186 valence electrons. The number of ether oxygens (including phenoxy) is 2. The minimum Gasteiger partial charge on any atom is -0.406 e. The highest BCUT2D eigenvalue weighted by Gasteiger charge is 2.31. The van der Waals surface area contributed by atoms with Crippen molar-refractivity contribution in [1.29, 1.82) is 0 Å². The highest BCUT2D eigenvalue weighted by atomic mass is 32.1. The summed E-state index contributed by atoms with van der Waals surface area (Å²) in [6.07, 6.45) is -4.78. The molecule has 9 nitrogen and oxygen atoms in total. The summed E-state index contributed by atoms with van der Waals surface area (Å²) >= 11 is 1.27. The topological polar surface area (TPSA) is 111 Å². The van der Waals surface area contributed by atoms with Crippen LogP contribution in [0.1, 0.15) is 17.3 Å². The van der Waals surface area contributed by atoms with Gasteiger partial charge in [-0.3, -0.25) is 4.79 Å². The molecule has 35 heavy (non-hydrogen) atoms. The second-order valence-electron chi connectivity index (χ2n) is 7.30. The molecule has 0 bridgehead atoms. The first kappa shape index (κ1) is 24.7. The molecular weight excluding hydrogens is 487 g/mol. The zero-order chi connectivity index (χ0) is 25.0. The molecule has 0 unspecified atom stereocenters. The fourth-order valence-corrected chi connectivity index (χ4v) is 4.29. The van der Waals surface area contributed by atoms with Crippen LogP contribution in [-0.4, -0.2) is 58.3 Å². The third-order valence-corrected chi connectivity index (χ3v) is 5.86. The van der Waals surface area contributed by atoms with Gasteiger partial charge in [-0.25, -0.2) is 9.97 Å². The van der Waals surface area contributed by atoms with Gasteiger partial charge in [-0.05, 0) is 37.3 Å². The smallest absolute Gasteiger partial charge is 0.406 e. The van der Waals surface area contributed by atoms with E-state index in [1.165, 1.54) is 29.5 Å². The summed E-state index contributed by atoms with van der Waals surface area (Å²) in [7, 11) is 0. The summed E-state index contributed by atoms with van der Waals surface area (Å²) in [5.74, 6) is -0.125. The van der Waals surface area contributed by atoms with Crippen molar-refractivity contribution in [3.8, 4) is 5.75 Å². The van der Waals surface area contributed by atoms with Crippen LogP contribution in [0.15, 0.2) is 36.4 Å². The second kappa shape index (κ2) is 10.5. The van der Waals surface area contributed by atoms with Crippen molar-refractivity contribution in [2.24, 2.45) is 0 Å². The number of nitrogens with zero attached hydrogens (tertiary/aromatic N) is 3. The highest BCUT2D eigenvalue weighted by molar-refractivity contribution is 7.22. The van der Waals surface area contributed by atoms with Gasteiger partial charge in [-0.1, -0.05) is 11.3 Å². The molecule has 0 fully saturated rings. The number of hydrogen-bond donors (Lipinski definition) is 3. The van der Waals surface area contributed by atoms with Crippen molar-refractivity contribution >= 4 is 49.6 Å². The number of nitrogens with one attached hydrogen (secondary N) is 2. The standard InChI is InChI=1S/C22H22F3N5O4S/c1-2-30-17-5-3-13(19(32)26-7-9-33-10-8-31)11-15(17)27-20(30)29-21-28-16-12-14(34-22(23,24)25)4-6-18(16)35-21/h3-6,11-12,31H,2,7-10H2,1H3,(H,26,32)(H,27,28,29). The molecule has 0 saturated carbocycles. The van der Waals surface area contributed by atoms with Gasteiger partial charge in [0.2, 0.25) is 5.95 Å². The number of aliphatic hydroxyl groups is 1. The van der Waals surface area contributed by atoms with Crippen LogP contribution in [0.4, 0.5) is 24.3 Å². The number of imidazole rings is 1. The summed E-state index contributed by atoms with van der Waals surface area (Å²) in [4.78, 5) is 21.4. The lowest BCUT2D eigenvalue weighted by Gasteiger charge is -2.07. The molecule has 0 aliphatic heterocycles. The number of rotatable bonds is 10. The van der Waals surface area contributed by atoms with Gasteiger partial charge in [0.25, 0.3) is 5.91 Å². The molecular formula is C22H22F3N5O4S. The van der Waals surface area contributed by atoms with E-state index in [1.54, 1.807) is 18.2 Å². The highest BCUT2D eigenvalue weighted by Crippen LogP contribution is 2.33. The fourth-order valence-electron chi connectivity index (χ4n) is 3.45. The number of carbonyl (C=O) groups is 1. The maximum atomic E-state index is 12.5. The van der Waals surface area contributed by atoms with Crippen LogP contribution in [0.5, 0.6) is 5.75 Å². The van der Waals surface area contributed by atoms with Gasteiger partial charge in [0.05, 0.1) is 41.1 Å². The Hall–Kier alpha value is -3.42. The van der Waals surface area contributed by atoms with E-state index in [2.05, 4.69) is 25.3 Å². The molecule has 2 aromatic carbocycles. The normalized spacial score (nSPS) is 11.8. The molecule has 1 amide bonds. The van der Waals surface area contributed by atoms with Crippen LogP contribution in [0, 0.1) is 0 Å². The number of hydrogen-bond acceptors (Lipinski definition) is 8. The van der Waals surface area contributed by atoms with Gasteiger partial charge in [-0.15, -0.1) is 13.2 Å². The maximum absolute atomic E-state index is 12.5. The Balaban J connectivity index is 1.53. The first-order valence-corrected chi connectivity index (χ1v) is 11.5. The van der Waals surface area contributed by atoms with Crippen molar-refractivity contribution in [3.05, 3.63) is 42.0 Å². The minimum absolute atomic E-state index is 0.0778. The van der Waals surface area contributed by atoms with Gasteiger partial charge in [0.15, 0.2) is 5.13 Å². The summed E-state index contributed by atoms with van der Waals surface area (Å²) < 4.78 is 49.2. The second-order valence-corrected chi connectivity index (χ2v) is 8.33. The Labute approximate surface area is 201 Å². The minimum atomic E-state index is -4.78. The number of fused-ring (bicyclic) bond motifs is 2. The van der Waals surface area contributed by atoms with Crippen LogP contribution in [-0.2, 0) is 11.3 Å². The molecule has 4 aromatic rings. The van der Waals surface area contributed by atoms with Gasteiger partial charge in [-0.2, -0.15) is 0 Å². The largest absolute Gasteiger partial charge is 0.573 e. The van der Waals surface area contributed by atoms with Crippen molar-refractivity contribution < 1.29 is 32.5 Å². The zero-order valence-electron chi connectivity index (χ0n) is 18.6. The maximum Gasteiger partial charge on any atom is 0.573 e. The first-order valence-electron chi connectivity index (χ1n) is 10.7. The Morgan fingerprint density at radius 2 is 1.97 bits per heavy atom. The Kier molecular flexibility index (Phi) is 7.38. The van der Waals surface area contributed by atoms with Crippen LogP contribution in [0.3, 0.4) is 0 Å². The lowest BCUT2D eigenvalue weighted by atomic mass is 10.2. The average Bonchev–Trinajstić information content (AvgIpc) is 3.36. The van der Waals surface area contributed by atoms with E-state index in [0.717, 1.165) is 5.52 Å². The number of anilines is 2. The Morgan fingerprint density at radius 3 is 2.71 bits per heavy atom. The summed E-state index contributed by atoms with van der Waals surface area (Å²) in [5, 5.41) is 15.0. The van der Waals surface area contributed by atoms with Crippen molar-refractivity contribution in [1.82, 2.24) is 19.9 Å². The third-order valence-electron chi connectivity index (χ3n) is 4.91. The lowest BCUT2D eigenvalue weighted by molar-refractivity contribution is -0.274. The van der Waals surface area contributed by atoms with Gasteiger partial charge in [0.1, 0.15) is 5.75 Å². The number of thiazole rings is 1. The molecule has 13 heteroatoms. The number of aliphatic hydroxyl groups excluding tert-OH is 1. The molecule has 4 rings (SSSR count). The van der Waals surface area contributed by atoms with Gasteiger partial charge < -0.3 is 29.8 Å². The van der Waals surface area contributed by atoms with E-state index in [9.17, 15) is 18.0 Å². The van der Waals surface area contributed by atoms with Crippen LogP contribution >= 0.6 is 11.3 Å². The lowest BCUT2D eigenvalue weighted by Crippen LogP contribution is -2.27. The van der Waals surface area contributed by atoms with Crippen molar-refractivity contribution in [3.63, 3.8) is 0 Å². The van der Waals surface area contributed by atoms with E-state index < -0.39 is 6.36 Å². The number of aryl methyl sites for hydroxylation is 1. The van der Waals surface area contributed by atoms with E-state index in [0.29, 0.717) is 52.1 Å².